The summed E-state index contributed by atoms with van der Waals surface area (Å²) in [4.78, 5) is 12.8. The van der Waals surface area contributed by atoms with Crippen LogP contribution >= 0.6 is 0 Å². The Kier molecular flexibility index (Phi) is 2.66. The molecule has 0 saturated heterocycles. The van der Waals surface area contributed by atoms with Gasteiger partial charge >= 0.3 is 0 Å². The van der Waals surface area contributed by atoms with Gasteiger partial charge in [0.15, 0.2) is 11.3 Å². The van der Waals surface area contributed by atoms with Gasteiger partial charge in [-0.05, 0) is 19.8 Å². The van der Waals surface area contributed by atoms with Crippen LogP contribution in [0.5, 0.6) is 0 Å². The van der Waals surface area contributed by atoms with Crippen molar-refractivity contribution >= 4 is 16.9 Å². The predicted molar refractivity (Wildman–Crippen MR) is 77.5 cm³/mol. The smallest absolute Gasteiger partial charge is 0.248 e. The van der Waals surface area contributed by atoms with Crippen LogP contribution in [0.2, 0.25) is 0 Å². The molecule has 0 aliphatic heterocycles. The molecule has 7 heteroatoms. The number of aryl methyl sites for hydroxylation is 1. The minimum atomic E-state index is 0.367. The third-order valence-electron chi connectivity index (χ3n) is 4.01. The van der Waals surface area contributed by atoms with E-state index in [0.29, 0.717) is 23.4 Å². The molecule has 4 rings (SSSR count). The highest BCUT2D eigenvalue weighted by Crippen LogP contribution is 2.36. The van der Waals surface area contributed by atoms with Crippen LogP contribution in [0.3, 0.4) is 0 Å². The highest BCUT2D eigenvalue weighted by Gasteiger charge is 2.26. The summed E-state index contributed by atoms with van der Waals surface area (Å²) in [5.41, 5.74) is 8.24. The van der Waals surface area contributed by atoms with Crippen molar-refractivity contribution < 1.29 is 4.42 Å². The lowest BCUT2D eigenvalue weighted by atomic mass is 10.2. The number of anilines is 1. The number of nitrogens with two attached hydrogens (primary N) is 1. The van der Waals surface area contributed by atoms with Gasteiger partial charge in [-0.25, -0.2) is 19.6 Å². The average Bonchev–Trinajstić information content (AvgIpc) is 3.16. The molecule has 1 fully saturated rings. The fourth-order valence-electron chi connectivity index (χ4n) is 3.01. The van der Waals surface area contributed by atoms with E-state index in [0.717, 1.165) is 29.6 Å². The predicted octanol–water partition coefficient (Wildman–Crippen LogP) is 2.49. The van der Waals surface area contributed by atoms with E-state index in [1.54, 1.807) is 6.26 Å². The molecule has 0 unspecified atom stereocenters. The Labute approximate surface area is 121 Å². The molecule has 1 saturated carbocycles. The number of aromatic nitrogens is 5. The highest BCUT2D eigenvalue weighted by atomic mass is 16.3. The Hall–Kier alpha value is -2.44. The summed E-state index contributed by atoms with van der Waals surface area (Å²) in [7, 11) is 0. The van der Waals surface area contributed by atoms with E-state index in [-0.39, 0.29) is 0 Å². The number of hydrogen-bond donors (Lipinski definition) is 1. The number of hydrogen-bond acceptors (Lipinski definition) is 6. The minimum absolute atomic E-state index is 0.367. The second kappa shape index (κ2) is 4.54. The lowest BCUT2D eigenvalue weighted by molar-refractivity contribution is 0.477. The third kappa shape index (κ3) is 1.88. The van der Waals surface area contributed by atoms with Crippen LogP contribution in [-0.2, 0) is 0 Å². The van der Waals surface area contributed by atoms with Gasteiger partial charge < -0.3 is 10.2 Å². The van der Waals surface area contributed by atoms with Gasteiger partial charge in [0.25, 0.3) is 0 Å². The van der Waals surface area contributed by atoms with Crippen molar-refractivity contribution in [3.8, 4) is 11.6 Å². The maximum absolute atomic E-state index is 6.04. The Balaban J connectivity index is 1.97. The van der Waals surface area contributed by atoms with Gasteiger partial charge in [0.2, 0.25) is 5.89 Å². The maximum atomic E-state index is 6.04. The number of rotatable bonds is 2. The zero-order valence-electron chi connectivity index (χ0n) is 11.8. The van der Waals surface area contributed by atoms with Crippen molar-refractivity contribution in [1.29, 1.82) is 0 Å². The summed E-state index contributed by atoms with van der Waals surface area (Å²) >= 11 is 0. The third-order valence-corrected chi connectivity index (χ3v) is 4.01. The van der Waals surface area contributed by atoms with E-state index >= 15 is 0 Å². The zero-order chi connectivity index (χ0) is 14.4. The Morgan fingerprint density at radius 1 is 1.29 bits per heavy atom. The molecule has 0 bridgehead atoms. The van der Waals surface area contributed by atoms with Crippen molar-refractivity contribution in [3.63, 3.8) is 0 Å². The fourth-order valence-corrected chi connectivity index (χ4v) is 3.01. The van der Waals surface area contributed by atoms with Crippen molar-refractivity contribution in [1.82, 2.24) is 24.7 Å². The molecule has 0 radical (unpaired) electrons. The van der Waals surface area contributed by atoms with Crippen molar-refractivity contribution in [2.45, 2.75) is 38.6 Å². The average molecular weight is 284 g/mol. The largest absolute Gasteiger partial charge is 0.443 e. The molecule has 0 aromatic carbocycles. The number of nitrogen functional groups attached to an aromatic ring is 1. The first-order valence-corrected chi connectivity index (χ1v) is 7.15. The molecular weight excluding hydrogens is 268 g/mol. The van der Waals surface area contributed by atoms with Gasteiger partial charge in [-0.1, -0.05) is 12.8 Å². The summed E-state index contributed by atoms with van der Waals surface area (Å²) in [5.74, 6) is 0.880. The van der Waals surface area contributed by atoms with E-state index in [2.05, 4.69) is 15.0 Å². The van der Waals surface area contributed by atoms with Gasteiger partial charge in [0.1, 0.15) is 18.4 Å². The summed E-state index contributed by atoms with van der Waals surface area (Å²) in [6, 6.07) is 0.367. The lowest BCUT2D eigenvalue weighted by Crippen LogP contribution is -2.07. The van der Waals surface area contributed by atoms with Gasteiger partial charge in [0.05, 0.1) is 17.1 Å². The van der Waals surface area contributed by atoms with Gasteiger partial charge in [-0.15, -0.1) is 0 Å². The van der Waals surface area contributed by atoms with E-state index in [1.807, 2.05) is 11.6 Å². The highest BCUT2D eigenvalue weighted by molar-refractivity contribution is 5.96. The Bertz CT molecular complexity index is 799. The molecule has 3 aromatic rings. The second-order valence-electron chi connectivity index (χ2n) is 5.48. The first kappa shape index (κ1) is 12.3. The molecule has 2 N–H and O–H groups in total. The van der Waals surface area contributed by atoms with Crippen molar-refractivity contribution in [2.75, 3.05) is 5.73 Å². The van der Waals surface area contributed by atoms with E-state index in [9.17, 15) is 0 Å². The molecule has 1 aliphatic rings. The molecule has 0 spiro atoms. The summed E-state index contributed by atoms with van der Waals surface area (Å²) in [5, 5.41) is 5.42. The normalized spacial score (nSPS) is 16.0. The quantitative estimate of drug-likeness (QED) is 0.776. The topological polar surface area (TPSA) is 95.7 Å². The first-order chi connectivity index (χ1) is 10.2. The monoisotopic (exact) mass is 284 g/mol. The van der Waals surface area contributed by atoms with Gasteiger partial charge in [-0.3, -0.25) is 0 Å². The lowest BCUT2D eigenvalue weighted by Gasteiger charge is -2.09. The van der Waals surface area contributed by atoms with E-state index < -0.39 is 0 Å². The van der Waals surface area contributed by atoms with Crippen LogP contribution in [0.4, 0.5) is 5.82 Å². The first-order valence-electron chi connectivity index (χ1n) is 7.15. The minimum Gasteiger partial charge on any atom is -0.443 e. The van der Waals surface area contributed by atoms with Crippen LogP contribution in [-0.4, -0.2) is 24.7 Å². The van der Waals surface area contributed by atoms with Crippen LogP contribution in [0.25, 0.3) is 22.6 Å². The Morgan fingerprint density at radius 2 is 2.10 bits per heavy atom. The van der Waals surface area contributed by atoms with Crippen LogP contribution in [0.15, 0.2) is 17.0 Å². The second-order valence-corrected chi connectivity index (χ2v) is 5.48. The number of fused-ring (bicyclic) bond motifs is 1. The SMILES string of the molecule is Cc1coc(-c2nn(C3CCCC3)c3ncnc(N)c23)n1. The fraction of sp³-hybridized carbons (Fsp3) is 0.429. The molecule has 0 atom stereocenters. The number of oxazole rings is 1. The molecule has 108 valence electrons. The van der Waals surface area contributed by atoms with E-state index in [1.165, 1.54) is 19.2 Å². The van der Waals surface area contributed by atoms with Crippen LogP contribution < -0.4 is 5.73 Å². The molecule has 21 heavy (non-hydrogen) atoms. The summed E-state index contributed by atoms with van der Waals surface area (Å²) < 4.78 is 7.46. The zero-order valence-corrected chi connectivity index (χ0v) is 11.8. The molecule has 7 nitrogen and oxygen atoms in total. The van der Waals surface area contributed by atoms with Crippen LogP contribution in [0.1, 0.15) is 37.4 Å². The van der Waals surface area contributed by atoms with Crippen molar-refractivity contribution in [3.05, 3.63) is 18.3 Å². The molecule has 3 heterocycles. The van der Waals surface area contributed by atoms with Gasteiger partial charge in [-0.2, -0.15) is 5.10 Å². The Morgan fingerprint density at radius 3 is 2.81 bits per heavy atom. The molecule has 3 aromatic heterocycles. The van der Waals surface area contributed by atoms with Crippen LogP contribution in [0, 0.1) is 6.92 Å². The summed E-state index contributed by atoms with van der Waals surface area (Å²) in [6.07, 6.45) is 7.76. The van der Waals surface area contributed by atoms with Gasteiger partial charge in [0, 0.05) is 0 Å². The molecule has 0 amide bonds. The van der Waals surface area contributed by atoms with Crippen molar-refractivity contribution in [2.24, 2.45) is 0 Å². The summed E-state index contributed by atoms with van der Waals surface area (Å²) in [6.45, 7) is 1.88. The standard InChI is InChI=1S/C14H16N6O/c1-8-6-21-14(18-8)11-10-12(15)16-7-17-13(10)20(19-11)9-4-2-3-5-9/h6-7,9H,2-5H2,1H3,(H2,15,16,17). The molecule has 1 aliphatic carbocycles. The maximum Gasteiger partial charge on any atom is 0.248 e. The molecular formula is C14H16N6O. The number of nitrogens with zero attached hydrogens (tertiary/aromatic N) is 5. The van der Waals surface area contributed by atoms with E-state index in [4.69, 9.17) is 15.2 Å².